The maximum atomic E-state index is 13.3. The van der Waals surface area contributed by atoms with Crippen LogP contribution in [0.1, 0.15) is 40.2 Å². The van der Waals surface area contributed by atoms with Crippen LogP contribution >= 0.6 is 0 Å². The summed E-state index contributed by atoms with van der Waals surface area (Å²) in [5.74, 6) is -0.521. The lowest BCUT2D eigenvalue weighted by Gasteiger charge is -2.22. The Balaban J connectivity index is 1.47. The molecule has 5 nitrogen and oxygen atoms in total. The van der Waals surface area contributed by atoms with Crippen LogP contribution in [0, 0.1) is 5.82 Å². The van der Waals surface area contributed by atoms with Crippen LogP contribution in [0.3, 0.4) is 0 Å². The predicted molar refractivity (Wildman–Crippen MR) is 129 cm³/mol. The van der Waals surface area contributed by atoms with Gasteiger partial charge in [0.25, 0.3) is 5.91 Å². The molecule has 0 aliphatic rings. The molecule has 0 fully saturated rings. The summed E-state index contributed by atoms with van der Waals surface area (Å²) in [5.41, 5.74) is 3.29. The predicted octanol–water partition coefficient (Wildman–Crippen LogP) is 5.69. The third-order valence-corrected chi connectivity index (χ3v) is 5.52. The van der Waals surface area contributed by atoms with E-state index in [4.69, 9.17) is 4.42 Å². The summed E-state index contributed by atoms with van der Waals surface area (Å²) < 4.78 is 18.6. The first kappa shape index (κ1) is 23.0. The van der Waals surface area contributed by atoms with Crippen LogP contribution in [0.5, 0.6) is 0 Å². The number of hydrogen-bond acceptors (Lipinski definition) is 3. The summed E-state index contributed by atoms with van der Waals surface area (Å²) in [5, 5.41) is 3.01. The number of furan rings is 1. The molecule has 2 amide bonds. The van der Waals surface area contributed by atoms with Gasteiger partial charge in [0.15, 0.2) is 5.76 Å². The minimum Gasteiger partial charge on any atom is -0.459 e. The number of nitrogens with one attached hydrogen (secondary N) is 1. The van der Waals surface area contributed by atoms with Crippen molar-refractivity contribution < 1.29 is 18.4 Å². The van der Waals surface area contributed by atoms with E-state index in [1.54, 1.807) is 41.3 Å². The van der Waals surface area contributed by atoms with Crippen LogP contribution in [-0.2, 0) is 17.8 Å². The molecule has 172 valence electrons. The number of anilines is 1. The van der Waals surface area contributed by atoms with Crippen LogP contribution in [0.15, 0.2) is 102 Å². The number of benzene rings is 3. The second kappa shape index (κ2) is 10.6. The number of carbonyl (C=O) groups excluding carboxylic acids is 2. The minimum absolute atomic E-state index is 0.0843. The van der Waals surface area contributed by atoms with Crippen molar-refractivity contribution in [2.45, 2.75) is 25.9 Å². The van der Waals surface area contributed by atoms with Gasteiger partial charge in [0.05, 0.1) is 25.3 Å². The van der Waals surface area contributed by atoms with E-state index >= 15 is 0 Å². The molecule has 1 heterocycles. The molecule has 1 unspecified atom stereocenters. The van der Waals surface area contributed by atoms with Gasteiger partial charge in [-0.1, -0.05) is 54.6 Å². The molecule has 0 aliphatic heterocycles. The zero-order chi connectivity index (χ0) is 23.9. The van der Waals surface area contributed by atoms with Crippen LogP contribution in [-0.4, -0.2) is 11.8 Å². The molecule has 1 N–H and O–H groups in total. The highest BCUT2D eigenvalue weighted by molar-refractivity contribution is 6.04. The third-order valence-electron chi connectivity index (χ3n) is 5.52. The minimum atomic E-state index is -0.336. The Labute approximate surface area is 197 Å². The average Bonchev–Trinajstić information content (AvgIpc) is 3.39. The number of hydrogen-bond donors (Lipinski definition) is 1. The molecule has 4 rings (SSSR count). The van der Waals surface area contributed by atoms with Crippen molar-refractivity contribution in [2.75, 3.05) is 4.90 Å². The van der Waals surface area contributed by atoms with Gasteiger partial charge >= 0.3 is 0 Å². The molecule has 3 aromatic carbocycles. The van der Waals surface area contributed by atoms with E-state index in [0.717, 1.165) is 16.7 Å². The highest BCUT2D eigenvalue weighted by atomic mass is 19.1. The van der Waals surface area contributed by atoms with Crippen molar-refractivity contribution in [3.63, 3.8) is 0 Å². The summed E-state index contributed by atoms with van der Waals surface area (Å²) >= 11 is 0. The van der Waals surface area contributed by atoms with Crippen molar-refractivity contribution in [1.82, 2.24) is 5.32 Å². The quantitative estimate of drug-likeness (QED) is 0.371. The molecular formula is C28H25FN2O3. The van der Waals surface area contributed by atoms with Gasteiger partial charge in [-0.2, -0.15) is 0 Å². The maximum absolute atomic E-state index is 13.3. The van der Waals surface area contributed by atoms with Gasteiger partial charge in [-0.25, -0.2) is 4.39 Å². The van der Waals surface area contributed by atoms with E-state index in [0.29, 0.717) is 5.69 Å². The first-order chi connectivity index (χ1) is 16.5. The standard InChI is InChI=1S/C28H25FN2O3/c1-20(23-6-3-2-4-7-23)30-27(32)18-21-11-15-25(16-12-21)31(28(33)26-8-5-17-34-26)19-22-9-13-24(29)14-10-22/h2-17,20H,18-19H2,1H3,(H,30,32). The number of carbonyl (C=O) groups is 2. The van der Waals surface area contributed by atoms with Gasteiger partial charge in [-0.05, 0) is 60.0 Å². The second-order valence-electron chi connectivity index (χ2n) is 8.04. The summed E-state index contributed by atoms with van der Waals surface area (Å²) in [4.78, 5) is 27.2. The lowest BCUT2D eigenvalue weighted by Crippen LogP contribution is -2.30. The van der Waals surface area contributed by atoms with E-state index in [2.05, 4.69) is 5.32 Å². The van der Waals surface area contributed by atoms with Crippen LogP contribution in [0.2, 0.25) is 0 Å². The zero-order valence-corrected chi connectivity index (χ0v) is 18.8. The molecule has 1 atom stereocenters. The summed E-state index contributed by atoms with van der Waals surface area (Å²) in [7, 11) is 0. The van der Waals surface area contributed by atoms with E-state index < -0.39 is 0 Å². The molecule has 0 radical (unpaired) electrons. The summed E-state index contributed by atoms with van der Waals surface area (Å²) in [6.07, 6.45) is 1.67. The Morgan fingerprint density at radius 2 is 1.56 bits per heavy atom. The molecule has 0 aliphatic carbocycles. The highest BCUT2D eigenvalue weighted by Gasteiger charge is 2.21. The van der Waals surface area contributed by atoms with Crippen molar-refractivity contribution in [3.05, 3.63) is 126 Å². The topological polar surface area (TPSA) is 62.6 Å². The van der Waals surface area contributed by atoms with Gasteiger partial charge in [0.2, 0.25) is 5.91 Å². The fourth-order valence-electron chi connectivity index (χ4n) is 3.68. The Kier molecular flexibility index (Phi) is 7.18. The average molecular weight is 457 g/mol. The van der Waals surface area contributed by atoms with Crippen LogP contribution in [0.25, 0.3) is 0 Å². The molecule has 0 bridgehead atoms. The highest BCUT2D eigenvalue weighted by Crippen LogP contribution is 2.22. The second-order valence-corrected chi connectivity index (χ2v) is 8.04. The summed E-state index contributed by atoms with van der Waals surface area (Å²) in [6.45, 7) is 2.19. The Hall–Kier alpha value is -4.19. The molecule has 0 saturated carbocycles. The zero-order valence-electron chi connectivity index (χ0n) is 18.8. The smallest absolute Gasteiger partial charge is 0.294 e. The molecular weight excluding hydrogens is 431 g/mol. The molecule has 6 heteroatoms. The van der Waals surface area contributed by atoms with Gasteiger partial charge < -0.3 is 14.6 Å². The van der Waals surface area contributed by atoms with E-state index in [1.807, 2.05) is 49.4 Å². The third kappa shape index (κ3) is 5.78. The molecule has 0 saturated heterocycles. The number of halogens is 1. The normalized spacial score (nSPS) is 11.6. The largest absolute Gasteiger partial charge is 0.459 e. The van der Waals surface area contributed by atoms with E-state index in [9.17, 15) is 14.0 Å². The summed E-state index contributed by atoms with van der Waals surface area (Å²) in [6, 6.07) is 26.2. The lowest BCUT2D eigenvalue weighted by molar-refractivity contribution is -0.121. The van der Waals surface area contributed by atoms with Gasteiger partial charge in [0.1, 0.15) is 5.82 Å². The van der Waals surface area contributed by atoms with Gasteiger partial charge in [-0.15, -0.1) is 0 Å². The number of nitrogens with zero attached hydrogens (tertiary/aromatic N) is 1. The molecule has 1 aromatic heterocycles. The SMILES string of the molecule is CC(NC(=O)Cc1ccc(N(Cc2ccc(F)cc2)C(=O)c2ccco2)cc1)c1ccccc1. The maximum Gasteiger partial charge on any atom is 0.294 e. The fourth-order valence-corrected chi connectivity index (χ4v) is 3.68. The number of amides is 2. The Bertz CT molecular complexity index is 1220. The van der Waals surface area contributed by atoms with Gasteiger partial charge in [0, 0.05) is 5.69 Å². The van der Waals surface area contributed by atoms with Crippen molar-refractivity contribution in [3.8, 4) is 0 Å². The van der Waals surface area contributed by atoms with E-state index in [-0.39, 0.29) is 42.4 Å². The van der Waals surface area contributed by atoms with Crippen LogP contribution in [0.4, 0.5) is 10.1 Å². The lowest BCUT2D eigenvalue weighted by atomic mass is 10.1. The van der Waals surface area contributed by atoms with Crippen LogP contribution < -0.4 is 10.2 Å². The van der Waals surface area contributed by atoms with Crippen molar-refractivity contribution >= 4 is 17.5 Å². The monoisotopic (exact) mass is 456 g/mol. The van der Waals surface area contributed by atoms with Crippen molar-refractivity contribution in [2.24, 2.45) is 0 Å². The van der Waals surface area contributed by atoms with E-state index in [1.165, 1.54) is 18.4 Å². The first-order valence-electron chi connectivity index (χ1n) is 11.0. The Morgan fingerprint density at radius 3 is 2.21 bits per heavy atom. The first-order valence-corrected chi connectivity index (χ1v) is 11.0. The molecule has 34 heavy (non-hydrogen) atoms. The fraction of sp³-hybridized carbons (Fsp3) is 0.143. The Morgan fingerprint density at radius 1 is 0.882 bits per heavy atom. The van der Waals surface area contributed by atoms with Gasteiger partial charge in [-0.3, -0.25) is 9.59 Å². The number of rotatable bonds is 8. The molecule has 0 spiro atoms. The molecule has 4 aromatic rings. The van der Waals surface area contributed by atoms with Crippen molar-refractivity contribution in [1.29, 1.82) is 0 Å².